The van der Waals surface area contributed by atoms with E-state index < -0.39 is 0 Å². The SMILES string of the molecule is CC(C)c1ccc2c(c1O)CC[C@H]1C3=C(CCC21C)C(=O)OC3. The van der Waals surface area contributed by atoms with Gasteiger partial charge in [0.05, 0.1) is 0 Å². The molecule has 1 heterocycles. The molecule has 0 spiro atoms. The molecule has 1 N–H and O–H groups in total. The van der Waals surface area contributed by atoms with Crippen molar-refractivity contribution in [3.63, 3.8) is 0 Å². The minimum absolute atomic E-state index is 0.00733. The number of phenols is 1. The Morgan fingerprint density at radius 3 is 2.83 bits per heavy atom. The van der Waals surface area contributed by atoms with Crippen molar-refractivity contribution in [2.75, 3.05) is 6.61 Å². The van der Waals surface area contributed by atoms with Crippen molar-refractivity contribution >= 4 is 5.97 Å². The summed E-state index contributed by atoms with van der Waals surface area (Å²) in [5.41, 5.74) is 5.61. The van der Waals surface area contributed by atoms with Gasteiger partial charge in [-0.2, -0.15) is 0 Å². The zero-order chi connectivity index (χ0) is 16.4. The molecule has 0 radical (unpaired) electrons. The largest absolute Gasteiger partial charge is 0.507 e. The lowest BCUT2D eigenvalue weighted by Gasteiger charge is -2.46. The number of phenolic OH excluding ortho intramolecular Hbond substituents is 1. The Bertz CT molecular complexity index is 729. The lowest BCUT2D eigenvalue weighted by molar-refractivity contribution is -0.136. The van der Waals surface area contributed by atoms with Crippen LogP contribution < -0.4 is 0 Å². The zero-order valence-corrected chi connectivity index (χ0v) is 14.1. The van der Waals surface area contributed by atoms with Crippen LogP contribution in [0.2, 0.25) is 0 Å². The smallest absolute Gasteiger partial charge is 0.334 e. The van der Waals surface area contributed by atoms with Gasteiger partial charge in [-0.25, -0.2) is 4.79 Å². The summed E-state index contributed by atoms with van der Waals surface area (Å²) in [6, 6.07) is 4.31. The Morgan fingerprint density at radius 1 is 1.30 bits per heavy atom. The number of hydrogen-bond donors (Lipinski definition) is 1. The number of fused-ring (bicyclic) bond motifs is 4. The van der Waals surface area contributed by atoms with Gasteiger partial charge >= 0.3 is 5.97 Å². The molecule has 3 heteroatoms. The van der Waals surface area contributed by atoms with Gasteiger partial charge in [0.1, 0.15) is 12.4 Å². The Hall–Kier alpha value is -1.77. The number of ether oxygens (including phenoxy) is 1. The Labute approximate surface area is 137 Å². The van der Waals surface area contributed by atoms with Crippen LogP contribution in [0.5, 0.6) is 5.75 Å². The predicted octanol–water partition coefficient (Wildman–Crippen LogP) is 3.98. The highest BCUT2D eigenvalue weighted by Gasteiger charge is 2.49. The lowest BCUT2D eigenvalue weighted by atomic mass is 9.56. The summed E-state index contributed by atoms with van der Waals surface area (Å²) in [6.45, 7) is 7.01. The molecule has 0 fully saturated rings. The van der Waals surface area contributed by atoms with Crippen molar-refractivity contribution in [2.45, 2.75) is 57.8 Å². The summed E-state index contributed by atoms with van der Waals surface area (Å²) in [5, 5.41) is 10.7. The number of benzene rings is 1. The molecule has 0 saturated carbocycles. The van der Waals surface area contributed by atoms with Gasteiger partial charge in [0.15, 0.2) is 0 Å². The molecular weight excluding hydrogens is 288 g/mol. The van der Waals surface area contributed by atoms with Crippen molar-refractivity contribution in [3.05, 3.63) is 40.0 Å². The number of cyclic esters (lactones) is 1. The second kappa shape index (κ2) is 4.86. The molecule has 3 nitrogen and oxygen atoms in total. The summed E-state index contributed by atoms with van der Waals surface area (Å²) in [7, 11) is 0. The fraction of sp³-hybridized carbons (Fsp3) is 0.550. The lowest BCUT2D eigenvalue weighted by Crippen LogP contribution is -2.41. The standard InChI is InChI=1S/C20H24O3/c1-11(2)12-4-6-16-14(18(12)21)5-7-17-15-10-23-19(22)13(15)8-9-20(16,17)3/h4,6,11,17,21H,5,7-10H2,1-3H3/t17-,20?/m0/s1. The normalized spacial score (nSPS) is 29.2. The maximum atomic E-state index is 11.9. The van der Waals surface area contributed by atoms with E-state index in [1.807, 2.05) is 0 Å². The first-order valence-corrected chi connectivity index (χ1v) is 8.67. The predicted molar refractivity (Wildman–Crippen MR) is 88.6 cm³/mol. The molecule has 1 unspecified atom stereocenters. The topological polar surface area (TPSA) is 46.5 Å². The van der Waals surface area contributed by atoms with Gasteiger partial charge in [0, 0.05) is 5.57 Å². The van der Waals surface area contributed by atoms with Crippen molar-refractivity contribution in [2.24, 2.45) is 5.92 Å². The Morgan fingerprint density at radius 2 is 2.09 bits per heavy atom. The van der Waals surface area contributed by atoms with E-state index in [1.165, 1.54) is 11.1 Å². The van der Waals surface area contributed by atoms with Crippen molar-refractivity contribution in [1.29, 1.82) is 0 Å². The third-order valence-corrected chi connectivity index (χ3v) is 6.31. The Kier molecular flexibility index (Phi) is 3.13. The van der Waals surface area contributed by atoms with Gasteiger partial charge in [0.2, 0.25) is 0 Å². The van der Waals surface area contributed by atoms with Gasteiger partial charge in [-0.1, -0.05) is 32.9 Å². The first kappa shape index (κ1) is 14.8. The summed E-state index contributed by atoms with van der Waals surface area (Å²) >= 11 is 0. The van der Waals surface area contributed by atoms with Crippen LogP contribution in [0, 0.1) is 5.92 Å². The molecule has 0 aromatic heterocycles. The van der Waals surface area contributed by atoms with E-state index in [4.69, 9.17) is 4.74 Å². The van der Waals surface area contributed by atoms with Gasteiger partial charge in [-0.3, -0.25) is 0 Å². The fourth-order valence-electron chi connectivity index (χ4n) is 4.98. The van der Waals surface area contributed by atoms with Gasteiger partial charge < -0.3 is 9.84 Å². The van der Waals surface area contributed by atoms with Gasteiger partial charge in [-0.05, 0) is 65.2 Å². The van der Waals surface area contributed by atoms with Crippen LogP contribution in [0.4, 0.5) is 0 Å². The van der Waals surface area contributed by atoms with Crippen LogP contribution in [0.15, 0.2) is 23.3 Å². The molecule has 4 rings (SSSR count). The minimum atomic E-state index is -0.106. The third-order valence-electron chi connectivity index (χ3n) is 6.31. The molecule has 1 aromatic rings. The highest BCUT2D eigenvalue weighted by Crippen LogP contribution is 2.55. The number of hydrogen-bond acceptors (Lipinski definition) is 3. The molecule has 3 aliphatic rings. The van der Waals surface area contributed by atoms with Crippen LogP contribution in [0.3, 0.4) is 0 Å². The quantitative estimate of drug-likeness (QED) is 0.798. The van der Waals surface area contributed by atoms with Gasteiger partial charge in [-0.15, -0.1) is 0 Å². The van der Waals surface area contributed by atoms with Crippen LogP contribution in [-0.4, -0.2) is 17.7 Å². The number of aromatic hydroxyl groups is 1. The molecule has 0 bridgehead atoms. The number of carbonyl (C=O) groups excluding carboxylic acids is 1. The molecule has 0 amide bonds. The molecular formula is C20H24O3. The third kappa shape index (κ3) is 1.92. The van der Waals surface area contributed by atoms with E-state index in [0.717, 1.165) is 42.4 Å². The van der Waals surface area contributed by atoms with Crippen molar-refractivity contribution < 1.29 is 14.6 Å². The fourth-order valence-corrected chi connectivity index (χ4v) is 4.98. The average molecular weight is 312 g/mol. The van der Waals surface area contributed by atoms with Crippen molar-refractivity contribution in [3.8, 4) is 5.75 Å². The zero-order valence-electron chi connectivity index (χ0n) is 14.1. The van der Waals surface area contributed by atoms with Crippen LogP contribution in [0.1, 0.15) is 62.6 Å². The first-order valence-electron chi connectivity index (χ1n) is 8.67. The number of esters is 1. The first-order chi connectivity index (χ1) is 10.9. The molecule has 122 valence electrons. The molecule has 1 aliphatic heterocycles. The van der Waals surface area contributed by atoms with Crippen LogP contribution in [0.25, 0.3) is 0 Å². The highest BCUT2D eigenvalue weighted by atomic mass is 16.5. The summed E-state index contributed by atoms with van der Waals surface area (Å²) in [6.07, 6.45) is 3.63. The van der Waals surface area contributed by atoms with Crippen LogP contribution >= 0.6 is 0 Å². The molecule has 2 atom stereocenters. The minimum Gasteiger partial charge on any atom is -0.507 e. The van der Waals surface area contributed by atoms with Crippen molar-refractivity contribution in [1.82, 2.24) is 0 Å². The van der Waals surface area contributed by atoms with E-state index in [2.05, 4.69) is 32.9 Å². The van der Waals surface area contributed by atoms with Gasteiger partial charge in [0.25, 0.3) is 0 Å². The van der Waals surface area contributed by atoms with E-state index in [1.54, 1.807) is 0 Å². The number of carbonyl (C=O) groups is 1. The molecule has 23 heavy (non-hydrogen) atoms. The second-order valence-electron chi connectivity index (χ2n) is 7.77. The van der Waals surface area contributed by atoms with E-state index in [9.17, 15) is 9.90 Å². The van der Waals surface area contributed by atoms with Crippen LogP contribution in [-0.2, 0) is 21.4 Å². The van der Waals surface area contributed by atoms with E-state index in [-0.39, 0.29) is 11.4 Å². The molecule has 1 aromatic carbocycles. The second-order valence-corrected chi connectivity index (χ2v) is 7.77. The Balaban J connectivity index is 1.84. The monoisotopic (exact) mass is 312 g/mol. The maximum absolute atomic E-state index is 11.9. The van der Waals surface area contributed by atoms with E-state index >= 15 is 0 Å². The maximum Gasteiger partial charge on any atom is 0.334 e. The average Bonchev–Trinajstić information content (AvgIpc) is 2.88. The summed E-state index contributed by atoms with van der Waals surface area (Å²) < 4.78 is 5.29. The molecule has 0 saturated heterocycles. The summed E-state index contributed by atoms with van der Waals surface area (Å²) in [4.78, 5) is 11.9. The highest BCUT2D eigenvalue weighted by molar-refractivity contribution is 5.92. The summed E-state index contributed by atoms with van der Waals surface area (Å²) in [5.74, 6) is 1.09. The molecule has 2 aliphatic carbocycles. The van der Waals surface area contributed by atoms with E-state index in [0.29, 0.717) is 24.2 Å². The number of rotatable bonds is 1.